The number of nitrogens with zero attached hydrogens (tertiary/aromatic N) is 2. The van der Waals surface area contributed by atoms with E-state index in [1.54, 1.807) is 7.11 Å². The summed E-state index contributed by atoms with van der Waals surface area (Å²) in [6, 6.07) is 2.71. The van der Waals surface area contributed by atoms with Crippen LogP contribution in [0.2, 0.25) is 0 Å². The first-order valence-corrected chi connectivity index (χ1v) is 5.24. The Kier molecular flexibility index (Phi) is 4.65. The highest BCUT2D eigenvalue weighted by molar-refractivity contribution is 5.59. The van der Waals surface area contributed by atoms with Crippen LogP contribution in [-0.2, 0) is 4.74 Å². The summed E-state index contributed by atoms with van der Waals surface area (Å²) >= 11 is 0. The van der Waals surface area contributed by atoms with Gasteiger partial charge in [-0.25, -0.2) is 4.98 Å². The topological polar surface area (TPSA) is 103 Å². The van der Waals surface area contributed by atoms with Gasteiger partial charge >= 0.3 is 5.69 Å². The van der Waals surface area contributed by atoms with E-state index in [2.05, 4.69) is 10.3 Å². The Morgan fingerprint density at radius 3 is 2.88 bits per heavy atom. The zero-order chi connectivity index (χ0) is 12.8. The molecule has 0 saturated carbocycles. The number of nitrogens with one attached hydrogen (secondary N) is 1. The quantitative estimate of drug-likeness (QED) is 0.575. The van der Waals surface area contributed by atoms with Gasteiger partial charge in [0.05, 0.1) is 17.6 Å². The molecule has 94 valence electrons. The number of nitrogen functional groups attached to an aromatic ring is 1. The minimum atomic E-state index is -0.492. The SMILES string of the molecule is CCC(COC)Nc1nc(N)ccc1[N+](=O)[O-]. The van der Waals surface area contributed by atoms with Gasteiger partial charge in [-0.2, -0.15) is 0 Å². The summed E-state index contributed by atoms with van der Waals surface area (Å²) in [6.45, 7) is 2.40. The number of hydrogen-bond donors (Lipinski definition) is 2. The van der Waals surface area contributed by atoms with Crippen molar-refractivity contribution >= 4 is 17.3 Å². The minimum Gasteiger partial charge on any atom is -0.384 e. The van der Waals surface area contributed by atoms with Crippen LogP contribution in [0.15, 0.2) is 12.1 Å². The van der Waals surface area contributed by atoms with Crippen LogP contribution >= 0.6 is 0 Å². The molecule has 1 aromatic rings. The fourth-order valence-electron chi connectivity index (χ4n) is 1.38. The van der Waals surface area contributed by atoms with Crippen molar-refractivity contribution in [1.29, 1.82) is 0 Å². The normalized spacial score (nSPS) is 12.1. The Labute approximate surface area is 99.1 Å². The number of nitro groups is 1. The van der Waals surface area contributed by atoms with Crippen molar-refractivity contribution < 1.29 is 9.66 Å². The van der Waals surface area contributed by atoms with Crippen LogP contribution in [0.1, 0.15) is 13.3 Å². The summed E-state index contributed by atoms with van der Waals surface area (Å²) in [6.07, 6.45) is 0.765. The second kappa shape index (κ2) is 6.00. The van der Waals surface area contributed by atoms with Crippen LogP contribution in [0, 0.1) is 10.1 Å². The molecular formula is C10H16N4O3. The first-order chi connectivity index (χ1) is 8.08. The molecule has 3 N–H and O–H groups in total. The lowest BCUT2D eigenvalue weighted by molar-refractivity contribution is -0.384. The molecular weight excluding hydrogens is 224 g/mol. The average Bonchev–Trinajstić information content (AvgIpc) is 2.28. The van der Waals surface area contributed by atoms with Gasteiger partial charge in [-0.3, -0.25) is 10.1 Å². The van der Waals surface area contributed by atoms with Crippen LogP contribution in [-0.4, -0.2) is 29.7 Å². The minimum absolute atomic E-state index is 0.0343. The van der Waals surface area contributed by atoms with Gasteiger partial charge in [0.15, 0.2) is 0 Å². The zero-order valence-electron chi connectivity index (χ0n) is 9.84. The highest BCUT2D eigenvalue weighted by Gasteiger charge is 2.18. The number of methoxy groups -OCH3 is 1. The molecule has 1 atom stereocenters. The third-order valence-electron chi connectivity index (χ3n) is 2.29. The van der Waals surface area contributed by atoms with Gasteiger partial charge < -0.3 is 15.8 Å². The van der Waals surface area contributed by atoms with Crippen LogP contribution in [0.25, 0.3) is 0 Å². The van der Waals surface area contributed by atoms with Crippen molar-refractivity contribution in [2.45, 2.75) is 19.4 Å². The number of aromatic nitrogens is 1. The smallest absolute Gasteiger partial charge is 0.311 e. The molecule has 0 amide bonds. The number of ether oxygens (including phenoxy) is 1. The highest BCUT2D eigenvalue weighted by atomic mass is 16.6. The first-order valence-electron chi connectivity index (χ1n) is 5.24. The van der Waals surface area contributed by atoms with Crippen LogP contribution in [0.3, 0.4) is 0 Å². The van der Waals surface area contributed by atoms with Crippen molar-refractivity contribution in [3.63, 3.8) is 0 Å². The van der Waals surface area contributed by atoms with Crippen molar-refractivity contribution in [3.8, 4) is 0 Å². The molecule has 0 bridgehead atoms. The van der Waals surface area contributed by atoms with Gasteiger partial charge in [-0.1, -0.05) is 6.92 Å². The molecule has 0 saturated heterocycles. The van der Waals surface area contributed by atoms with E-state index in [0.29, 0.717) is 6.61 Å². The predicted octanol–water partition coefficient (Wildman–Crippen LogP) is 1.41. The monoisotopic (exact) mass is 240 g/mol. The maximum absolute atomic E-state index is 10.8. The number of rotatable bonds is 6. The number of hydrogen-bond acceptors (Lipinski definition) is 6. The maximum Gasteiger partial charge on any atom is 0.311 e. The fourth-order valence-corrected chi connectivity index (χ4v) is 1.38. The molecule has 0 aliphatic heterocycles. The van der Waals surface area contributed by atoms with E-state index in [1.807, 2.05) is 6.92 Å². The Morgan fingerprint density at radius 2 is 2.35 bits per heavy atom. The van der Waals surface area contributed by atoms with Gasteiger partial charge in [0, 0.05) is 13.2 Å². The third kappa shape index (κ3) is 3.56. The molecule has 0 aliphatic carbocycles. The third-order valence-corrected chi connectivity index (χ3v) is 2.29. The van der Waals surface area contributed by atoms with Gasteiger partial charge in [0.2, 0.25) is 5.82 Å². The molecule has 0 fully saturated rings. The lowest BCUT2D eigenvalue weighted by Gasteiger charge is -2.16. The lowest BCUT2D eigenvalue weighted by atomic mass is 10.2. The highest BCUT2D eigenvalue weighted by Crippen LogP contribution is 2.23. The van der Waals surface area contributed by atoms with Crippen molar-refractivity contribution in [3.05, 3.63) is 22.2 Å². The maximum atomic E-state index is 10.8. The molecule has 0 aliphatic rings. The standard InChI is InChI=1S/C10H16N4O3/c1-3-7(6-17-2)12-10-8(14(15)16)4-5-9(11)13-10/h4-5,7H,3,6H2,1-2H3,(H3,11,12,13). The van der Waals surface area contributed by atoms with Gasteiger partial charge in [0.1, 0.15) is 5.82 Å². The molecule has 17 heavy (non-hydrogen) atoms. The molecule has 1 heterocycles. The fraction of sp³-hybridized carbons (Fsp3) is 0.500. The van der Waals surface area contributed by atoms with E-state index >= 15 is 0 Å². The predicted molar refractivity (Wildman–Crippen MR) is 64.9 cm³/mol. The summed E-state index contributed by atoms with van der Waals surface area (Å²) in [5.74, 6) is 0.421. The second-order valence-electron chi connectivity index (χ2n) is 3.57. The van der Waals surface area contributed by atoms with Crippen molar-refractivity contribution in [2.24, 2.45) is 0 Å². The van der Waals surface area contributed by atoms with Crippen molar-refractivity contribution in [2.75, 3.05) is 24.8 Å². The zero-order valence-corrected chi connectivity index (χ0v) is 9.84. The van der Waals surface area contributed by atoms with Crippen molar-refractivity contribution in [1.82, 2.24) is 4.98 Å². The molecule has 1 unspecified atom stereocenters. The van der Waals surface area contributed by atoms with Gasteiger partial charge in [0.25, 0.3) is 0 Å². The van der Waals surface area contributed by atoms with Crippen LogP contribution in [0.5, 0.6) is 0 Å². The molecule has 7 heteroatoms. The van der Waals surface area contributed by atoms with E-state index in [1.165, 1.54) is 12.1 Å². The number of nitrogens with two attached hydrogens (primary N) is 1. The van der Waals surface area contributed by atoms with Gasteiger partial charge in [-0.15, -0.1) is 0 Å². The largest absolute Gasteiger partial charge is 0.384 e. The second-order valence-corrected chi connectivity index (χ2v) is 3.57. The lowest BCUT2D eigenvalue weighted by Crippen LogP contribution is -2.25. The van der Waals surface area contributed by atoms with Crippen LogP contribution < -0.4 is 11.1 Å². The molecule has 1 aromatic heterocycles. The van der Waals surface area contributed by atoms with E-state index in [9.17, 15) is 10.1 Å². The molecule has 1 rings (SSSR count). The first kappa shape index (κ1) is 13.2. The molecule has 0 aromatic carbocycles. The summed E-state index contributed by atoms with van der Waals surface area (Å²) < 4.78 is 5.01. The average molecular weight is 240 g/mol. The summed E-state index contributed by atoms with van der Waals surface area (Å²) in [5, 5.41) is 13.8. The molecule has 0 radical (unpaired) electrons. The summed E-state index contributed by atoms with van der Waals surface area (Å²) in [5.41, 5.74) is 5.42. The summed E-state index contributed by atoms with van der Waals surface area (Å²) in [4.78, 5) is 14.3. The number of pyridine rings is 1. The van der Waals surface area contributed by atoms with E-state index in [-0.39, 0.29) is 23.4 Å². The Balaban J connectivity index is 2.94. The molecule has 0 spiro atoms. The van der Waals surface area contributed by atoms with E-state index < -0.39 is 4.92 Å². The number of anilines is 2. The summed E-state index contributed by atoms with van der Waals surface area (Å²) in [7, 11) is 1.57. The van der Waals surface area contributed by atoms with Crippen LogP contribution in [0.4, 0.5) is 17.3 Å². The Bertz CT molecular complexity index is 397. The van der Waals surface area contributed by atoms with E-state index in [4.69, 9.17) is 10.5 Å². The van der Waals surface area contributed by atoms with Gasteiger partial charge in [-0.05, 0) is 12.5 Å². The Morgan fingerprint density at radius 1 is 1.65 bits per heavy atom. The molecule has 7 nitrogen and oxygen atoms in total. The van der Waals surface area contributed by atoms with E-state index in [0.717, 1.165) is 6.42 Å². The Hall–Kier alpha value is -1.89.